The van der Waals surface area contributed by atoms with Gasteiger partial charge in [-0.15, -0.1) is 0 Å². The van der Waals surface area contributed by atoms with E-state index in [0.29, 0.717) is 13.2 Å². The van der Waals surface area contributed by atoms with Gasteiger partial charge in [-0.25, -0.2) is 4.57 Å². The van der Waals surface area contributed by atoms with Crippen LogP contribution in [0.5, 0.6) is 0 Å². The number of hydrogen-bond acceptors (Lipinski definition) is 5. The molecule has 0 aliphatic heterocycles. The Bertz CT molecular complexity index is 380. The fourth-order valence-electron chi connectivity index (χ4n) is 3.18. The van der Waals surface area contributed by atoms with Gasteiger partial charge in [0, 0.05) is 13.7 Å². The zero-order chi connectivity index (χ0) is 21.6. The normalized spacial score (nSPS) is 14.8. The minimum Gasteiger partial charge on any atom is -0.379 e. The largest absolute Gasteiger partial charge is 0.472 e. The van der Waals surface area contributed by atoms with E-state index in [0.717, 1.165) is 6.42 Å². The number of phosphoric ester groups is 1. The molecular formula is C22H47O6P. The zero-order valence-electron chi connectivity index (χ0n) is 19.2. The molecule has 7 heteroatoms. The lowest BCUT2D eigenvalue weighted by Crippen LogP contribution is -2.24. The summed E-state index contributed by atoms with van der Waals surface area (Å²) in [6.45, 7) is 5.04. The first-order chi connectivity index (χ1) is 14.1. The Morgan fingerprint density at radius 3 is 1.66 bits per heavy atom. The third-order valence-corrected chi connectivity index (χ3v) is 6.05. The summed E-state index contributed by atoms with van der Waals surface area (Å²) in [7, 11) is -2.44. The molecule has 0 aliphatic carbocycles. The Hall–Kier alpha value is 0.0300. The highest BCUT2D eigenvalue weighted by molar-refractivity contribution is 7.47. The third kappa shape index (κ3) is 21.1. The van der Waals surface area contributed by atoms with Gasteiger partial charge < -0.3 is 14.4 Å². The van der Waals surface area contributed by atoms with E-state index in [1.165, 1.54) is 90.6 Å². The van der Waals surface area contributed by atoms with Gasteiger partial charge >= 0.3 is 7.82 Å². The second-order valence-electron chi connectivity index (χ2n) is 7.71. The molecule has 0 fully saturated rings. The van der Waals surface area contributed by atoms with Crippen LogP contribution in [0.15, 0.2) is 0 Å². The average molecular weight is 439 g/mol. The highest BCUT2D eigenvalue weighted by atomic mass is 31.2. The summed E-state index contributed by atoms with van der Waals surface area (Å²) in [6, 6.07) is 0. The SMILES string of the molecule is CCCCCCCCCCCCCCCCOCC(COP(=O)(O)OCC)OC. The van der Waals surface area contributed by atoms with Crippen molar-refractivity contribution >= 4 is 7.82 Å². The van der Waals surface area contributed by atoms with Crippen molar-refractivity contribution in [2.75, 3.05) is 33.5 Å². The highest BCUT2D eigenvalue weighted by Gasteiger charge is 2.22. The standard InChI is InChI=1S/C22H47O6P/c1-4-6-7-8-9-10-11-12-13-14-15-16-17-18-19-26-20-22(25-3)21-28-29(23,24)27-5-2/h22H,4-21H2,1-3H3,(H,23,24). The predicted octanol–water partition coefficient (Wildman–Crippen LogP) is 6.65. The maximum Gasteiger partial charge on any atom is 0.472 e. The highest BCUT2D eigenvalue weighted by Crippen LogP contribution is 2.42. The van der Waals surface area contributed by atoms with Gasteiger partial charge in [0.1, 0.15) is 6.10 Å². The fraction of sp³-hybridized carbons (Fsp3) is 1.00. The van der Waals surface area contributed by atoms with Crippen LogP contribution in [-0.4, -0.2) is 44.5 Å². The lowest BCUT2D eigenvalue weighted by Gasteiger charge is -2.17. The van der Waals surface area contributed by atoms with E-state index in [4.69, 9.17) is 14.0 Å². The van der Waals surface area contributed by atoms with Crippen molar-refractivity contribution < 1.29 is 28.0 Å². The van der Waals surface area contributed by atoms with Gasteiger partial charge in [-0.3, -0.25) is 9.05 Å². The van der Waals surface area contributed by atoms with Gasteiger partial charge in [-0.2, -0.15) is 0 Å². The second-order valence-corrected chi connectivity index (χ2v) is 9.16. The van der Waals surface area contributed by atoms with Crippen LogP contribution in [-0.2, 0) is 23.1 Å². The summed E-state index contributed by atoms with van der Waals surface area (Å²) in [5.74, 6) is 0. The summed E-state index contributed by atoms with van der Waals surface area (Å²) in [5.41, 5.74) is 0. The summed E-state index contributed by atoms with van der Waals surface area (Å²) in [6.07, 6.45) is 18.3. The molecule has 0 aromatic rings. The van der Waals surface area contributed by atoms with Crippen LogP contribution < -0.4 is 0 Å². The molecule has 0 saturated heterocycles. The van der Waals surface area contributed by atoms with Gasteiger partial charge in [0.25, 0.3) is 0 Å². The molecule has 2 unspecified atom stereocenters. The van der Waals surface area contributed by atoms with Gasteiger partial charge in [0.2, 0.25) is 0 Å². The Morgan fingerprint density at radius 1 is 0.724 bits per heavy atom. The monoisotopic (exact) mass is 438 g/mol. The number of phosphoric acid groups is 1. The maximum atomic E-state index is 11.5. The van der Waals surface area contributed by atoms with E-state index in [-0.39, 0.29) is 19.3 Å². The minimum atomic E-state index is -3.97. The first kappa shape index (κ1) is 29.0. The first-order valence-electron chi connectivity index (χ1n) is 11.8. The quantitative estimate of drug-likeness (QED) is 0.142. The molecule has 0 saturated carbocycles. The molecule has 6 nitrogen and oxygen atoms in total. The van der Waals surface area contributed by atoms with Crippen LogP contribution in [0.3, 0.4) is 0 Å². The molecule has 0 aliphatic rings. The smallest absolute Gasteiger partial charge is 0.379 e. The second kappa shape index (κ2) is 21.3. The molecule has 0 aromatic heterocycles. The Balaban J connectivity index is 3.36. The van der Waals surface area contributed by atoms with Crippen LogP contribution in [0.25, 0.3) is 0 Å². The van der Waals surface area contributed by atoms with Crippen LogP contribution in [0, 0.1) is 0 Å². The van der Waals surface area contributed by atoms with Crippen molar-refractivity contribution in [3.05, 3.63) is 0 Å². The molecular weight excluding hydrogens is 391 g/mol. The number of rotatable bonds is 23. The molecule has 0 heterocycles. The van der Waals surface area contributed by atoms with Crippen molar-refractivity contribution in [1.29, 1.82) is 0 Å². The molecule has 0 radical (unpaired) electrons. The molecule has 0 spiro atoms. The van der Waals surface area contributed by atoms with Gasteiger partial charge in [0.15, 0.2) is 0 Å². The minimum absolute atomic E-state index is 0.0248. The van der Waals surface area contributed by atoms with Crippen molar-refractivity contribution in [1.82, 2.24) is 0 Å². The summed E-state index contributed by atoms with van der Waals surface area (Å²) >= 11 is 0. The molecule has 29 heavy (non-hydrogen) atoms. The molecule has 0 bridgehead atoms. The van der Waals surface area contributed by atoms with Crippen LogP contribution in [0.4, 0.5) is 0 Å². The molecule has 1 N–H and O–H groups in total. The number of hydrogen-bond donors (Lipinski definition) is 1. The lowest BCUT2D eigenvalue weighted by molar-refractivity contribution is -0.0218. The van der Waals surface area contributed by atoms with Crippen molar-refractivity contribution in [2.45, 2.75) is 110 Å². The van der Waals surface area contributed by atoms with E-state index >= 15 is 0 Å². The topological polar surface area (TPSA) is 74.2 Å². The maximum absolute atomic E-state index is 11.5. The predicted molar refractivity (Wildman–Crippen MR) is 119 cm³/mol. The molecule has 176 valence electrons. The number of methoxy groups -OCH3 is 1. The van der Waals surface area contributed by atoms with Crippen LogP contribution in [0.2, 0.25) is 0 Å². The summed E-state index contributed by atoms with van der Waals surface area (Å²) < 4.78 is 31.8. The van der Waals surface area contributed by atoms with E-state index < -0.39 is 7.82 Å². The Morgan fingerprint density at radius 2 is 1.21 bits per heavy atom. The average Bonchev–Trinajstić information content (AvgIpc) is 2.69. The lowest BCUT2D eigenvalue weighted by atomic mass is 10.0. The van der Waals surface area contributed by atoms with E-state index in [9.17, 15) is 9.46 Å². The van der Waals surface area contributed by atoms with E-state index in [1.54, 1.807) is 6.92 Å². The number of unbranched alkanes of at least 4 members (excludes halogenated alkanes) is 13. The third-order valence-electron chi connectivity index (χ3n) is 5.00. The van der Waals surface area contributed by atoms with Crippen molar-refractivity contribution in [3.8, 4) is 0 Å². The molecule has 0 amide bonds. The van der Waals surface area contributed by atoms with E-state index in [1.807, 2.05) is 0 Å². The van der Waals surface area contributed by atoms with Gasteiger partial charge in [-0.1, -0.05) is 90.4 Å². The van der Waals surface area contributed by atoms with Gasteiger partial charge in [-0.05, 0) is 13.3 Å². The van der Waals surface area contributed by atoms with Crippen molar-refractivity contribution in [3.63, 3.8) is 0 Å². The molecule has 0 rings (SSSR count). The molecule has 2 atom stereocenters. The van der Waals surface area contributed by atoms with Crippen molar-refractivity contribution in [2.24, 2.45) is 0 Å². The van der Waals surface area contributed by atoms with Crippen LogP contribution >= 0.6 is 7.82 Å². The summed E-state index contributed by atoms with van der Waals surface area (Å²) in [5, 5.41) is 0. The molecule has 0 aromatic carbocycles. The number of ether oxygens (including phenoxy) is 2. The first-order valence-corrected chi connectivity index (χ1v) is 13.3. The summed E-state index contributed by atoms with van der Waals surface area (Å²) in [4.78, 5) is 9.39. The van der Waals surface area contributed by atoms with Gasteiger partial charge in [0.05, 0.1) is 19.8 Å². The van der Waals surface area contributed by atoms with E-state index in [2.05, 4.69) is 11.4 Å². The fourth-order valence-corrected chi connectivity index (χ4v) is 3.93. The Labute approximate surface area is 179 Å². The van der Waals surface area contributed by atoms with Crippen LogP contribution in [0.1, 0.15) is 104 Å². The Kier molecular flexibility index (Phi) is 21.3. The zero-order valence-corrected chi connectivity index (χ0v) is 20.1.